The first-order valence-corrected chi connectivity index (χ1v) is 5.11. The van der Waals surface area contributed by atoms with Crippen LogP contribution in [0.3, 0.4) is 0 Å². The second kappa shape index (κ2) is 5.84. The summed E-state index contributed by atoms with van der Waals surface area (Å²) >= 11 is 5.60. The van der Waals surface area contributed by atoms with Crippen LogP contribution in [0.5, 0.6) is 0 Å². The summed E-state index contributed by atoms with van der Waals surface area (Å²) in [5, 5.41) is 10.1. The maximum Gasteiger partial charge on any atom is 0.0592 e. The number of aliphatic hydroxyl groups is 1. The largest absolute Gasteiger partial charge is 0.393 e. The Morgan fingerprint density at radius 3 is 2.57 bits per heavy atom. The topological polar surface area (TPSA) is 20.2 Å². The SMILES string of the molecule is C=C(Cl)CC(O)CCc1ccccc1. The van der Waals surface area contributed by atoms with Gasteiger partial charge in [-0.3, -0.25) is 0 Å². The average Bonchev–Trinajstić information content (AvgIpc) is 2.15. The van der Waals surface area contributed by atoms with Crippen molar-refractivity contribution in [3.8, 4) is 0 Å². The van der Waals surface area contributed by atoms with E-state index in [0.717, 1.165) is 12.8 Å². The number of rotatable bonds is 5. The van der Waals surface area contributed by atoms with Crippen molar-refractivity contribution < 1.29 is 5.11 Å². The molecule has 1 aromatic rings. The summed E-state index contributed by atoms with van der Waals surface area (Å²) in [6.07, 6.45) is 1.72. The minimum absolute atomic E-state index is 0.375. The number of benzene rings is 1. The van der Waals surface area contributed by atoms with Crippen molar-refractivity contribution in [2.24, 2.45) is 0 Å². The first-order chi connectivity index (χ1) is 6.68. The molecule has 1 rings (SSSR count). The monoisotopic (exact) mass is 210 g/mol. The maximum absolute atomic E-state index is 9.54. The number of hydrogen-bond donors (Lipinski definition) is 1. The molecular formula is C12H15ClO. The third kappa shape index (κ3) is 4.45. The third-order valence-corrected chi connectivity index (χ3v) is 2.22. The average molecular weight is 211 g/mol. The van der Waals surface area contributed by atoms with E-state index in [4.69, 9.17) is 11.6 Å². The number of aliphatic hydroxyl groups excluding tert-OH is 1. The highest BCUT2D eigenvalue weighted by Gasteiger charge is 2.05. The van der Waals surface area contributed by atoms with Gasteiger partial charge in [0.1, 0.15) is 0 Å². The van der Waals surface area contributed by atoms with E-state index in [0.29, 0.717) is 11.5 Å². The summed E-state index contributed by atoms with van der Waals surface area (Å²) in [5.41, 5.74) is 1.24. The summed E-state index contributed by atoms with van der Waals surface area (Å²) in [6.45, 7) is 3.56. The molecule has 0 spiro atoms. The lowest BCUT2D eigenvalue weighted by atomic mass is 10.1. The molecule has 0 fully saturated rings. The van der Waals surface area contributed by atoms with Crippen LogP contribution in [0.1, 0.15) is 18.4 Å². The number of halogens is 1. The molecule has 1 unspecified atom stereocenters. The zero-order valence-corrected chi connectivity index (χ0v) is 8.87. The van der Waals surface area contributed by atoms with Gasteiger partial charge in [-0.25, -0.2) is 0 Å². The van der Waals surface area contributed by atoms with Gasteiger partial charge in [0.15, 0.2) is 0 Å². The fourth-order valence-electron chi connectivity index (χ4n) is 1.34. The van der Waals surface area contributed by atoms with Crippen LogP contribution in [-0.2, 0) is 6.42 Å². The van der Waals surface area contributed by atoms with Gasteiger partial charge in [0.05, 0.1) is 6.10 Å². The lowest BCUT2D eigenvalue weighted by Gasteiger charge is -2.08. The fraction of sp³-hybridized carbons (Fsp3) is 0.333. The van der Waals surface area contributed by atoms with Crippen molar-refractivity contribution in [2.45, 2.75) is 25.4 Å². The van der Waals surface area contributed by atoms with Gasteiger partial charge in [-0.1, -0.05) is 48.5 Å². The first-order valence-electron chi connectivity index (χ1n) is 4.74. The molecule has 0 aliphatic rings. The second-order valence-corrected chi connectivity index (χ2v) is 3.93. The van der Waals surface area contributed by atoms with E-state index in [2.05, 4.69) is 18.7 Å². The van der Waals surface area contributed by atoms with Gasteiger partial charge in [0.25, 0.3) is 0 Å². The molecule has 0 aliphatic carbocycles. The molecule has 1 aromatic carbocycles. The van der Waals surface area contributed by atoms with E-state index in [1.165, 1.54) is 5.56 Å². The fourth-order valence-corrected chi connectivity index (χ4v) is 1.51. The highest BCUT2D eigenvalue weighted by molar-refractivity contribution is 6.29. The molecule has 0 heterocycles. The molecule has 0 aromatic heterocycles. The van der Waals surface area contributed by atoms with Crippen LogP contribution >= 0.6 is 11.6 Å². The second-order valence-electron chi connectivity index (χ2n) is 3.40. The Bertz CT molecular complexity index is 282. The third-order valence-electron chi connectivity index (χ3n) is 2.07. The number of aryl methyl sites for hydroxylation is 1. The van der Waals surface area contributed by atoms with Crippen molar-refractivity contribution in [2.75, 3.05) is 0 Å². The Balaban J connectivity index is 2.30. The molecule has 0 aliphatic heterocycles. The standard InChI is InChI=1S/C12H15ClO/c1-10(13)9-12(14)8-7-11-5-3-2-4-6-11/h2-6,12,14H,1,7-9H2. The summed E-state index contributed by atoms with van der Waals surface area (Å²) in [6, 6.07) is 10.1. The molecular weight excluding hydrogens is 196 g/mol. The van der Waals surface area contributed by atoms with Crippen molar-refractivity contribution in [1.82, 2.24) is 0 Å². The highest BCUT2D eigenvalue weighted by Crippen LogP contribution is 2.12. The first kappa shape index (κ1) is 11.3. The van der Waals surface area contributed by atoms with Crippen LogP contribution in [0.2, 0.25) is 0 Å². The molecule has 0 saturated carbocycles. The van der Waals surface area contributed by atoms with Crippen LogP contribution in [0, 0.1) is 0 Å². The zero-order valence-electron chi connectivity index (χ0n) is 8.12. The van der Waals surface area contributed by atoms with Gasteiger partial charge in [0.2, 0.25) is 0 Å². The van der Waals surface area contributed by atoms with E-state index >= 15 is 0 Å². The lowest BCUT2D eigenvalue weighted by molar-refractivity contribution is 0.167. The van der Waals surface area contributed by atoms with Gasteiger partial charge < -0.3 is 5.11 Å². The minimum atomic E-state index is -0.375. The van der Waals surface area contributed by atoms with Crippen molar-refractivity contribution in [3.05, 3.63) is 47.5 Å². The lowest BCUT2D eigenvalue weighted by Crippen LogP contribution is -2.07. The molecule has 2 heteroatoms. The van der Waals surface area contributed by atoms with E-state index < -0.39 is 0 Å². The Hall–Kier alpha value is -0.790. The van der Waals surface area contributed by atoms with Crippen LogP contribution in [0.15, 0.2) is 41.9 Å². The Morgan fingerprint density at radius 1 is 1.36 bits per heavy atom. The molecule has 1 N–H and O–H groups in total. The summed E-state index contributed by atoms with van der Waals surface area (Å²) in [5.74, 6) is 0. The zero-order chi connectivity index (χ0) is 10.4. The van der Waals surface area contributed by atoms with Crippen LogP contribution in [-0.4, -0.2) is 11.2 Å². The minimum Gasteiger partial charge on any atom is -0.393 e. The van der Waals surface area contributed by atoms with Crippen molar-refractivity contribution in [1.29, 1.82) is 0 Å². The van der Waals surface area contributed by atoms with Gasteiger partial charge in [-0.05, 0) is 18.4 Å². The molecule has 1 nitrogen and oxygen atoms in total. The predicted molar refractivity (Wildman–Crippen MR) is 60.4 cm³/mol. The van der Waals surface area contributed by atoms with Crippen LogP contribution in [0.4, 0.5) is 0 Å². The van der Waals surface area contributed by atoms with Crippen LogP contribution in [0.25, 0.3) is 0 Å². The smallest absolute Gasteiger partial charge is 0.0592 e. The Labute approximate surface area is 90.0 Å². The molecule has 0 bridgehead atoms. The summed E-state index contributed by atoms with van der Waals surface area (Å²) in [7, 11) is 0. The van der Waals surface area contributed by atoms with Gasteiger partial charge >= 0.3 is 0 Å². The molecule has 76 valence electrons. The highest BCUT2D eigenvalue weighted by atomic mass is 35.5. The van der Waals surface area contributed by atoms with Gasteiger partial charge in [0, 0.05) is 11.5 Å². The summed E-state index contributed by atoms with van der Waals surface area (Å²) < 4.78 is 0. The van der Waals surface area contributed by atoms with Crippen LogP contribution < -0.4 is 0 Å². The van der Waals surface area contributed by atoms with Gasteiger partial charge in [-0.15, -0.1) is 0 Å². The molecule has 14 heavy (non-hydrogen) atoms. The Morgan fingerprint density at radius 2 is 2.00 bits per heavy atom. The van der Waals surface area contributed by atoms with E-state index in [9.17, 15) is 5.11 Å². The predicted octanol–water partition coefficient (Wildman–Crippen LogP) is 3.12. The molecule has 0 amide bonds. The normalized spacial score (nSPS) is 12.4. The summed E-state index contributed by atoms with van der Waals surface area (Å²) in [4.78, 5) is 0. The van der Waals surface area contributed by atoms with Crippen molar-refractivity contribution in [3.63, 3.8) is 0 Å². The molecule has 0 radical (unpaired) electrons. The van der Waals surface area contributed by atoms with E-state index in [1.54, 1.807) is 0 Å². The molecule has 0 saturated heterocycles. The molecule has 1 atom stereocenters. The van der Waals surface area contributed by atoms with E-state index in [1.807, 2.05) is 18.2 Å². The quantitative estimate of drug-likeness (QED) is 0.792. The number of hydrogen-bond acceptors (Lipinski definition) is 1. The van der Waals surface area contributed by atoms with Crippen molar-refractivity contribution >= 4 is 11.6 Å². The Kier molecular flexibility index (Phi) is 4.71. The van der Waals surface area contributed by atoms with E-state index in [-0.39, 0.29) is 6.10 Å². The van der Waals surface area contributed by atoms with Gasteiger partial charge in [-0.2, -0.15) is 0 Å². The maximum atomic E-state index is 9.54.